The van der Waals surface area contributed by atoms with Gasteiger partial charge >= 0.3 is 0 Å². The van der Waals surface area contributed by atoms with E-state index in [9.17, 15) is 14.0 Å². The first-order valence-corrected chi connectivity index (χ1v) is 8.08. The van der Waals surface area contributed by atoms with E-state index in [-0.39, 0.29) is 36.6 Å². The number of hydrogen-bond donors (Lipinski definition) is 1. The number of hydrogen-bond acceptors (Lipinski definition) is 4. The molecule has 1 aliphatic heterocycles. The molecule has 6 nitrogen and oxygen atoms in total. The van der Waals surface area contributed by atoms with Crippen molar-refractivity contribution in [3.05, 3.63) is 54.2 Å². The van der Waals surface area contributed by atoms with Gasteiger partial charge in [-0.15, -0.1) is 0 Å². The monoisotopic (exact) mass is 346 g/mol. The SMILES string of the molecule is O=C(NCCOc1ccc(F)cc1)C1CC(=O)N(Cc2ccco2)C1. The molecule has 0 radical (unpaired) electrons. The van der Waals surface area contributed by atoms with Gasteiger partial charge in [-0.05, 0) is 36.4 Å². The van der Waals surface area contributed by atoms with Gasteiger partial charge < -0.3 is 19.4 Å². The number of nitrogens with one attached hydrogen (secondary N) is 1. The Morgan fingerprint density at radius 1 is 1.32 bits per heavy atom. The molecule has 2 aromatic rings. The van der Waals surface area contributed by atoms with E-state index in [2.05, 4.69) is 5.32 Å². The first kappa shape index (κ1) is 17.0. The highest BCUT2D eigenvalue weighted by molar-refractivity contribution is 5.89. The van der Waals surface area contributed by atoms with Gasteiger partial charge in [-0.25, -0.2) is 4.39 Å². The Labute approximate surface area is 144 Å². The number of carbonyl (C=O) groups excluding carboxylic acids is 2. The number of furan rings is 1. The fraction of sp³-hybridized carbons (Fsp3) is 0.333. The number of halogens is 1. The Morgan fingerprint density at radius 2 is 2.12 bits per heavy atom. The zero-order valence-electron chi connectivity index (χ0n) is 13.6. The summed E-state index contributed by atoms with van der Waals surface area (Å²) in [6.45, 7) is 1.35. The third-order valence-corrected chi connectivity index (χ3v) is 4.00. The predicted octanol–water partition coefficient (Wildman–Crippen LogP) is 1.96. The molecule has 0 aliphatic carbocycles. The summed E-state index contributed by atoms with van der Waals surface area (Å²) in [7, 11) is 0. The summed E-state index contributed by atoms with van der Waals surface area (Å²) in [4.78, 5) is 25.8. The topological polar surface area (TPSA) is 71.8 Å². The van der Waals surface area contributed by atoms with Crippen molar-refractivity contribution in [1.29, 1.82) is 0 Å². The normalized spacial score (nSPS) is 16.9. The quantitative estimate of drug-likeness (QED) is 0.778. The van der Waals surface area contributed by atoms with E-state index in [0.29, 0.717) is 31.1 Å². The molecule has 1 atom stereocenters. The summed E-state index contributed by atoms with van der Waals surface area (Å²) in [6, 6.07) is 9.24. The van der Waals surface area contributed by atoms with E-state index >= 15 is 0 Å². The number of ether oxygens (including phenoxy) is 1. The third kappa shape index (κ3) is 4.59. The van der Waals surface area contributed by atoms with Gasteiger partial charge in [-0.1, -0.05) is 0 Å². The second-order valence-corrected chi connectivity index (χ2v) is 5.85. The average Bonchev–Trinajstić information content (AvgIpc) is 3.24. The number of likely N-dealkylation sites (tertiary alicyclic amines) is 1. The van der Waals surface area contributed by atoms with Crippen LogP contribution in [0.25, 0.3) is 0 Å². The molecule has 2 amide bonds. The van der Waals surface area contributed by atoms with Crippen LogP contribution in [0.4, 0.5) is 4.39 Å². The molecule has 3 rings (SSSR count). The third-order valence-electron chi connectivity index (χ3n) is 4.00. The predicted molar refractivity (Wildman–Crippen MR) is 87.1 cm³/mol. The number of benzene rings is 1. The molecule has 0 spiro atoms. The summed E-state index contributed by atoms with van der Waals surface area (Å²) in [6.07, 6.45) is 1.76. The molecule has 1 N–H and O–H groups in total. The second kappa shape index (κ2) is 7.83. The van der Waals surface area contributed by atoms with Crippen LogP contribution in [0, 0.1) is 11.7 Å². The fourth-order valence-electron chi connectivity index (χ4n) is 2.71. The highest BCUT2D eigenvalue weighted by Crippen LogP contribution is 2.20. The van der Waals surface area contributed by atoms with Crippen LogP contribution in [0.15, 0.2) is 47.1 Å². The van der Waals surface area contributed by atoms with Gasteiger partial charge in [-0.2, -0.15) is 0 Å². The van der Waals surface area contributed by atoms with E-state index in [4.69, 9.17) is 9.15 Å². The van der Waals surface area contributed by atoms with Crippen LogP contribution in [0.5, 0.6) is 5.75 Å². The molecule has 2 heterocycles. The van der Waals surface area contributed by atoms with Gasteiger partial charge in [0.05, 0.1) is 25.3 Å². The molecule has 1 unspecified atom stereocenters. The van der Waals surface area contributed by atoms with E-state index in [1.807, 2.05) is 0 Å². The zero-order valence-corrected chi connectivity index (χ0v) is 13.6. The molecular weight excluding hydrogens is 327 g/mol. The largest absolute Gasteiger partial charge is 0.492 e. The molecule has 132 valence electrons. The van der Waals surface area contributed by atoms with Gasteiger partial charge in [0, 0.05) is 13.0 Å². The highest BCUT2D eigenvalue weighted by atomic mass is 19.1. The molecule has 1 saturated heterocycles. The number of carbonyl (C=O) groups is 2. The van der Waals surface area contributed by atoms with Crippen molar-refractivity contribution in [2.75, 3.05) is 19.7 Å². The van der Waals surface area contributed by atoms with E-state index < -0.39 is 0 Å². The zero-order chi connectivity index (χ0) is 17.6. The van der Waals surface area contributed by atoms with E-state index in [1.165, 1.54) is 24.3 Å². The van der Waals surface area contributed by atoms with Crippen molar-refractivity contribution >= 4 is 11.8 Å². The second-order valence-electron chi connectivity index (χ2n) is 5.85. The maximum absolute atomic E-state index is 12.8. The van der Waals surface area contributed by atoms with E-state index in [1.54, 1.807) is 23.3 Å². The summed E-state index contributed by atoms with van der Waals surface area (Å²) in [5.74, 6) is 0.314. The fourth-order valence-corrected chi connectivity index (χ4v) is 2.71. The number of rotatable bonds is 7. The van der Waals surface area contributed by atoms with Gasteiger partial charge in [-0.3, -0.25) is 9.59 Å². The average molecular weight is 346 g/mol. The Balaban J connectivity index is 1.39. The maximum atomic E-state index is 12.8. The van der Waals surface area contributed by atoms with Crippen LogP contribution in [-0.4, -0.2) is 36.4 Å². The standard InChI is InChI=1S/C18H19FN2O4/c19-14-3-5-15(6-4-14)25-9-7-20-18(23)13-10-17(22)21(11-13)12-16-2-1-8-24-16/h1-6,8,13H,7,9-12H2,(H,20,23). The van der Waals surface area contributed by atoms with Crippen molar-refractivity contribution in [2.45, 2.75) is 13.0 Å². The minimum absolute atomic E-state index is 0.0564. The summed E-state index contributed by atoms with van der Waals surface area (Å²) >= 11 is 0. The number of amides is 2. The minimum atomic E-state index is -0.367. The van der Waals surface area contributed by atoms with Crippen molar-refractivity contribution in [2.24, 2.45) is 5.92 Å². The molecule has 1 aliphatic rings. The lowest BCUT2D eigenvalue weighted by molar-refractivity contribution is -0.129. The van der Waals surface area contributed by atoms with Crippen LogP contribution >= 0.6 is 0 Å². The van der Waals surface area contributed by atoms with Crippen LogP contribution in [0.3, 0.4) is 0 Å². The summed E-state index contributed by atoms with van der Waals surface area (Å²) in [5, 5.41) is 2.77. The highest BCUT2D eigenvalue weighted by Gasteiger charge is 2.34. The van der Waals surface area contributed by atoms with Gasteiger partial charge in [0.2, 0.25) is 11.8 Å². The lowest BCUT2D eigenvalue weighted by atomic mass is 10.1. The molecule has 0 saturated carbocycles. The van der Waals surface area contributed by atoms with Gasteiger partial charge in [0.15, 0.2) is 0 Å². The Morgan fingerprint density at radius 3 is 2.84 bits per heavy atom. The lowest BCUT2D eigenvalue weighted by Gasteiger charge is -2.15. The Bertz CT molecular complexity index is 715. The first-order valence-electron chi connectivity index (χ1n) is 8.08. The number of nitrogens with zero attached hydrogens (tertiary/aromatic N) is 1. The Hall–Kier alpha value is -2.83. The molecule has 25 heavy (non-hydrogen) atoms. The smallest absolute Gasteiger partial charge is 0.225 e. The minimum Gasteiger partial charge on any atom is -0.492 e. The van der Waals surface area contributed by atoms with Crippen LogP contribution < -0.4 is 10.1 Å². The summed E-state index contributed by atoms with van der Waals surface area (Å²) < 4.78 is 23.4. The van der Waals surface area contributed by atoms with Crippen molar-refractivity contribution in [1.82, 2.24) is 10.2 Å². The lowest BCUT2D eigenvalue weighted by Crippen LogP contribution is -2.35. The maximum Gasteiger partial charge on any atom is 0.225 e. The van der Waals surface area contributed by atoms with Crippen molar-refractivity contribution in [3.63, 3.8) is 0 Å². The molecule has 1 aromatic carbocycles. The molecular formula is C18H19FN2O4. The molecule has 0 bridgehead atoms. The van der Waals surface area contributed by atoms with Crippen molar-refractivity contribution in [3.8, 4) is 5.75 Å². The first-order chi connectivity index (χ1) is 12.1. The van der Waals surface area contributed by atoms with Gasteiger partial charge in [0.1, 0.15) is 23.9 Å². The van der Waals surface area contributed by atoms with Crippen LogP contribution in [0.1, 0.15) is 12.2 Å². The summed E-state index contributed by atoms with van der Waals surface area (Å²) in [5.41, 5.74) is 0. The van der Waals surface area contributed by atoms with Crippen molar-refractivity contribution < 1.29 is 23.1 Å². The van der Waals surface area contributed by atoms with Gasteiger partial charge in [0.25, 0.3) is 0 Å². The van der Waals surface area contributed by atoms with Crippen LogP contribution in [0.2, 0.25) is 0 Å². The Kier molecular flexibility index (Phi) is 5.33. The molecule has 1 aromatic heterocycles. The van der Waals surface area contributed by atoms with E-state index in [0.717, 1.165) is 0 Å². The molecule has 7 heteroatoms. The molecule has 1 fully saturated rings. The van der Waals surface area contributed by atoms with Crippen LogP contribution in [-0.2, 0) is 16.1 Å².